The predicted octanol–water partition coefficient (Wildman–Crippen LogP) is 4.11. The van der Waals surface area contributed by atoms with Crippen molar-refractivity contribution in [3.8, 4) is 0 Å². The van der Waals surface area contributed by atoms with Crippen molar-refractivity contribution in [3.05, 3.63) is 28.2 Å². The maximum absolute atomic E-state index is 11.8. The Labute approximate surface area is 112 Å². The van der Waals surface area contributed by atoms with Crippen LogP contribution >= 0.6 is 23.2 Å². The molecular weight excluding hydrogens is 259 g/mol. The summed E-state index contributed by atoms with van der Waals surface area (Å²) in [4.78, 5) is 13.4. The SMILES string of the molecule is CC(C)CN(C)C(=O)Nc1ccc(Cl)c(Cl)c1. The normalized spacial score (nSPS) is 10.5. The highest BCUT2D eigenvalue weighted by Crippen LogP contribution is 2.25. The maximum Gasteiger partial charge on any atom is 0.321 e. The Kier molecular flexibility index (Phi) is 5.09. The number of nitrogens with zero attached hydrogens (tertiary/aromatic N) is 1. The summed E-state index contributed by atoms with van der Waals surface area (Å²) < 4.78 is 0. The molecule has 2 amide bonds. The molecule has 0 saturated heterocycles. The molecule has 0 aliphatic heterocycles. The van der Waals surface area contributed by atoms with Gasteiger partial charge in [-0.2, -0.15) is 0 Å². The molecule has 0 bridgehead atoms. The van der Waals surface area contributed by atoms with E-state index in [0.29, 0.717) is 28.2 Å². The van der Waals surface area contributed by atoms with Gasteiger partial charge in [0.2, 0.25) is 0 Å². The third-order valence-electron chi connectivity index (χ3n) is 2.16. The lowest BCUT2D eigenvalue weighted by Crippen LogP contribution is -2.34. The summed E-state index contributed by atoms with van der Waals surface area (Å²) in [5.74, 6) is 0.430. The number of halogens is 2. The van der Waals surface area contributed by atoms with Crippen LogP contribution in [0, 0.1) is 5.92 Å². The number of hydrogen-bond donors (Lipinski definition) is 1. The molecule has 1 aromatic carbocycles. The molecule has 0 unspecified atom stereocenters. The van der Waals surface area contributed by atoms with Gasteiger partial charge in [0.15, 0.2) is 0 Å². The van der Waals surface area contributed by atoms with E-state index in [1.165, 1.54) is 0 Å². The van der Waals surface area contributed by atoms with E-state index < -0.39 is 0 Å². The van der Waals surface area contributed by atoms with Crippen molar-refractivity contribution in [2.75, 3.05) is 18.9 Å². The quantitative estimate of drug-likeness (QED) is 0.884. The molecule has 0 aromatic heterocycles. The molecule has 5 heteroatoms. The third kappa shape index (κ3) is 4.44. The molecule has 3 nitrogen and oxygen atoms in total. The molecule has 94 valence electrons. The first kappa shape index (κ1) is 14.1. The van der Waals surface area contributed by atoms with E-state index in [0.717, 1.165) is 0 Å². The zero-order valence-electron chi connectivity index (χ0n) is 10.1. The van der Waals surface area contributed by atoms with Crippen molar-refractivity contribution in [1.82, 2.24) is 4.90 Å². The lowest BCUT2D eigenvalue weighted by molar-refractivity contribution is 0.217. The summed E-state index contributed by atoms with van der Waals surface area (Å²) in [5.41, 5.74) is 0.639. The highest BCUT2D eigenvalue weighted by Gasteiger charge is 2.10. The summed E-state index contributed by atoms with van der Waals surface area (Å²) in [6, 6.07) is 4.85. The van der Waals surface area contributed by atoms with Crippen LogP contribution in [0.25, 0.3) is 0 Å². The van der Waals surface area contributed by atoms with Crippen molar-refractivity contribution >= 4 is 34.9 Å². The van der Waals surface area contributed by atoms with Crippen LogP contribution in [0.4, 0.5) is 10.5 Å². The number of nitrogens with one attached hydrogen (secondary N) is 1. The molecular formula is C12H16Cl2N2O. The highest BCUT2D eigenvalue weighted by molar-refractivity contribution is 6.42. The monoisotopic (exact) mass is 274 g/mol. The van der Waals surface area contributed by atoms with E-state index >= 15 is 0 Å². The van der Waals surface area contributed by atoms with Gasteiger partial charge in [-0.05, 0) is 24.1 Å². The predicted molar refractivity (Wildman–Crippen MR) is 72.9 cm³/mol. The molecule has 0 radical (unpaired) electrons. The van der Waals surface area contributed by atoms with Gasteiger partial charge in [0.1, 0.15) is 0 Å². The van der Waals surface area contributed by atoms with Gasteiger partial charge in [0.25, 0.3) is 0 Å². The first-order valence-electron chi connectivity index (χ1n) is 5.37. The molecule has 1 rings (SSSR count). The summed E-state index contributed by atoms with van der Waals surface area (Å²) in [6.45, 7) is 4.82. The van der Waals surface area contributed by atoms with E-state index in [2.05, 4.69) is 19.2 Å². The summed E-state index contributed by atoms with van der Waals surface area (Å²) >= 11 is 11.7. The average Bonchev–Trinajstić information content (AvgIpc) is 2.22. The van der Waals surface area contributed by atoms with Gasteiger partial charge in [-0.3, -0.25) is 0 Å². The largest absolute Gasteiger partial charge is 0.327 e. The summed E-state index contributed by atoms with van der Waals surface area (Å²) in [6.07, 6.45) is 0. The van der Waals surface area contributed by atoms with Crippen molar-refractivity contribution in [1.29, 1.82) is 0 Å². The Morgan fingerprint density at radius 1 is 1.35 bits per heavy atom. The highest BCUT2D eigenvalue weighted by atomic mass is 35.5. The van der Waals surface area contributed by atoms with Crippen molar-refractivity contribution in [2.24, 2.45) is 5.92 Å². The number of hydrogen-bond acceptors (Lipinski definition) is 1. The van der Waals surface area contributed by atoms with Gasteiger partial charge < -0.3 is 10.2 Å². The standard InChI is InChI=1S/C12H16Cl2N2O/c1-8(2)7-16(3)12(17)15-9-4-5-10(13)11(14)6-9/h4-6,8H,7H2,1-3H3,(H,15,17). The molecule has 0 atom stereocenters. The minimum Gasteiger partial charge on any atom is -0.327 e. The van der Waals surface area contributed by atoms with Crippen molar-refractivity contribution < 1.29 is 4.79 Å². The molecule has 1 aromatic rings. The zero-order valence-corrected chi connectivity index (χ0v) is 11.6. The Morgan fingerprint density at radius 3 is 2.53 bits per heavy atom. The number of urea groups is 1. The summed E-state index contributed by atoms with van der Waals surface area (Å²) in [5, 5.41) is 3.66. The van der Waals surface area contributed by atoms with E-state index in [1.807, 2.05) is 0 Å². The molecule has 0 aliphatic rings. The number of carbonyl (C=O) groups is 1. The first-order valence-corrected chi connectivity index (χ1v) is 6.13. The Balaban J connectivity index is 2.64. The Morgan fingerprint density at radius 2 is 2.00 bits per heavy atom. The van der Waals surface area contributed by atoms with E-state index in [9.17, 15) is 4.79 Å². The van der Waals surface area contributed by atoms with Crippen LogP contribution in [0.5, 0.6) is 0 Å². The lowest BCUT2D eigenvalue weighted by Gasteiger charge is -2.20. The number of anilines is 1. The second-order valence-corrected chi connectivity index (χ2v) is 5.15. The van der Waals surface area contributed by atoms with Gasteiger partial charge >= 0.3 is 6.03 Å². The topological polar surface area (TPSA) is 32.3 Å². The fourth-order valence-corrected chi connectivity index (χ4v) is 1.72. The number of amides is 2. The minimum atomic E-state index is -0.155. The maximum atomic E-state index is 11.8. The molecule has 0 fully saturated rings. The van der Waals surface area contributed by atoms with Gasteiger partial charge in [-0.1, -0.05) is 37.0 Å². The van der Waals surface area contributed by atoms with Crippen LogP contribution in [-0.2, 0) is 0 Å². The molecule has 17 heavy (non-hydrogen) atoms. The molecule has 0 spiro atoms. The summed E-state index contributed by atoms with van der Waals surface area (Å²) in [7, 11) is 1.76. The minimum absolute atomic E-state index is 0.155. The first-order chi connectivity index (χ1) is 7.90. The fraction of sp³-hybridized carbons (Fsp3) is 0.417. The van der Waals surface area contributed by atoms with Gasteiger partial charge in [-0.15, -0.1) is 0 Å². The smallest absolute Gasteiger partial charge is 0.321 e. The molecule has 0 saturated carbocycles. The van der Waals surface area contributed by atoms with Crippen LogP contribution in [0.1, 0.15) is 13.8 Å². The molecule has 1 N–H and O–H groups in total. The lowest BCUT2D eigenvalue weighted by atomic mass is 10.2. The Hall–Kier alpha value is -0.930. The average molecular weight is 275 g/mol. The fourth-order valence-electron chi connectivity index (χ4n) is 1.42. The molecule has 0 aliphatic carbocycles. The van der Waals surface area contributed by atoms with Gasteiger partial charge in [0.05, 0.1) is 10.0 Å². The van der Waals surface area contributed by atoms with Crippen LogP contribution in [0.15, 0.2) is 18.2 Å². The van der Waals surface area contributed by atoms with Crippen LogP contribution in [-0.4, -0.2) is 24.5 Å². The number of carbonyl (C=O) groups excluding carboxylic acids is 1. The number of rotatable bonds is 3. The molecule has 0 heterocycles. The Bertz CT molecular complexity index is 407. The second-order valence-electron chi connectivity index (χ2n) is 4.33. The van der Waals surface area contributed by atoms with Gasteiger partial charge in [0, 0.05) is 19.3 Å². The van der Waals surface area contributed by atoms with E-state index in [4.69, 9.17) is 23.2 Å². The van der Waals surface area contributed by atoms with Crippen LogP contribution in [0.2, 0.25) is 10.0 Å². The van der Waals surface area contributed by atoms with Crippen molar-refractivity contribution in [2.45, 2.75) is 13.8 Å². The van der Waals surface area contributed by atoms with Crippen LogP contribution in [0.3, 0.4) is 0 Å². The van der Waals surface area contributed by atoms with Gasteiger partial charge in [-0.25, -0.2) is 4.79 Å². The third-order valence-corrected chi connectivity index (χ3v) is 2.90. The van der Waals surface area contributed by atoms with Crippen LogP contribution < -0.4 is 5.32 Å². The second kappa shape index (κ2) is 6.12. The number of benzene rings is 1. The van der Waals surface area contributed by atoms with E-state index in [1.54, 1.807) is 30.1 Å². The zero-order chi connectivity index (χ0) is 13.0. The van der Waals surface area contributed by atoms with E-state index in [-0.39, 0.29) is 6.03 Å². The van der Waals surface area contributed by atoms with Crippen molar-refractivity contribution in [3.63, 3.8) is 0 Å².